The highest BCUT2D eigenvalue weighted by molar-refractivity contribution is 5.94. The molecule has 0 bridgehead atoms. The first kappa shape index (κ1) is 32.1. The summed E-state index contributed by atoms with van der Waals surface area (Å²) in [5.41, 5.74) is 18.7. The topological polar surface area (TPSA) is 265 Å². The molecule has 3 fully saturated rings. The first-order valence-electron chi connectivity index (χ1n) is 13.6. The molecule has 13 N–H and O–H groups in total. The molecule has 2 heterocycles. The van der Waals surface area contributed by atoms with Crippen molar-refractivity contribution in [3.63, 3.8) is 0 Å². The largest absolute Gasteiger partial charge is 0.391 e. The fraction of sp³-hybridized carbons (Fsp3) is 0.731. The Bertz CT molecular complexity index is 1020. The monoisotopic (exact) mass is 586 g/mol. The van der Waals surface area contributed by atoms with Crippen molar-refractivity contribution in [3.8, 4) is 0 Å². The molecular weight excluding hydrogens is 544 g/mol. The molecule has 4 rings (SSSR count). The minimum atomic E-state index is -2.34. The van der Waals surface area contributed by atoms with E-state index in [0.717, 1.165) is 0 Å². The molecule has 15 nitrogen and oxygen atoms in total. The van der Waals surface area contributed by atoms with E-state index in [4.69, 9.17) is 36.1 Å². The lowest BCUT2D eigenvalue weighted by atomic mass is 9.83. The predicted octanol–water partition coefficient (Wildman–Crippen LogP) is -4.40. The van der Waals surface area contributed by atoms with Crippen LogP contribution in [0, 0.1) is 0 Å². The van der Waals surface area contributed by atoms with E-state index in [9.17, 15) is 35.4 Å². The summed E-state index contributed by atoms with van der Waals surface area (Å²) in [6.45, 7) is 2.43. The Morgan fingerprint density at radius 2 is 1.71 bits per heavy atom. The van der Waals surface area contributed by atoms with Gasteiger partial charge in [-0.1, -0.05) is 18.2 Å². The first-order chi connectivity index (χ1) is 19.2. The van der Waals surface area contributed by atoms with E-state index >= 15 is 0 Å². The van der Waals surface area contributed by atoms with Crippen LogP contribution < -0.4 is 22.5 Å². The fourth-order valence-corrected chi connectivity index (χ4v) is 5.55. The average Bonchev–Trinajstić information content (AvgIpc) is 3.23. The maximum atomic E-state index is 12.9. The summed E-state index contributed by atoms with van der Waals surface area (Å²) in [6, 6.07) is 4.36. The van der Waals surface area contributed by atoms with Crippen LogP contribution in [0.25, 0.3) is 0 Å². The molecule has 2 saturated heterocycles. The number of ether oxygens (including phenoxy) is 4. The minimum absolute atomic E-state index is 0.0167. The summed E-state index contributed by atoms with van der Waals surface area (Å²) in [7, 11) is 0. The van der Waals surface area contributed by atoms with Crippen molar-refractivity contribution < 1.29 is 54.4 Å². The summed E-state index contributed by atoms with van der Waals surface area (Å²) < 4.78 is 23.1. The molecule has 2 aliphatic heterocycles. The summed E-state index contributed by atoms with van der Waals surface area (Å²) >= 11 is 0. The summed E-state index contributed by atoms with van der Waals surface area (Å²) in [5.74, 6) is -2.83. The van der Waals surface area contributed by atoms with E-state index in [-0.39, 0.29) is 6.42 Å². The van der Waals surface area contributed by atoms with Gasteiger partial charge in [0.25, 0.3) is 5.91 Å². The highest BCUT2D eigenvalue weighted by atomic mass is 16.7. The number of rotatable bonds is 8. The number of carbonyl (C=O) groups excluding carboxylic acids is 1. The lowest BCUT2D eigenvalue weighted by Gasteiger charge is -2.49. The molecule has 1 aromatic carbocycles. The van der Waals surface area contributed by atoms with E-state index in [0.29, 0.717) is 5.56 Å². The van der Waals surface area contributed by atoms with Gasteiger partial charge >= 0.3 is 0 Å². The van der Waals surface area contributed by atoms with Crippen molar-refractivity contribution in [2.75, 3.05) is 6.61 Å². The molecule has 41 heavy (non-hydrogen) atoms. The van der Waals surface area contributed by atoms with Crippen LogP contribution in [-0.2, 0) is 18.9 Å². The van der Waals surface area contributed by atoms with E-state index in [1.54, 1.807) is 37.3 Å². The van der Waals surface area contributed by atoms with Gasteiger partial charge in [0.1, 0.15) is 55.4 Å². The van der Waals surface area contributed by atoms with Gasteiger partial charge in [-0.25, -0.2) is 0 Å². The molecule has 15 heteroatoms. The maximum absolute atomic E-state index is 12.9. The Kier molecular flexibility index (Phi) is 10.0. The highest BCUT2D eigenvalue weighted by Gasteiger charge is 2.57. The van der Waals surface area contributed by atoms with Crippen LogP contribution in [0.1, 0.15) is 30.6 Å². The third-order valence-corrected chi connectivity index (χ3v) is 7.94. The molecular formula is C26H42N4O11. The molecule has 1 aliphatic carbocycles. The van der Waals surface area contributed by atoms with Crippen LogP contribution in [0.2, 0.25) is 0 Å². The number of carbonyl (C=O) groups is 1. The number of hydrogen-bond acceptors (Lipinski definition) is 14. The van der Waals surface area contributed by atoms with Gasteiger partial charge in [-0.05, 0) is 32.4 Å². The fourth-order valence-electron chi connectivity index (χ4n) is 5.55. The average molecular weight is 587 g/mol. The van der Waals surface area contributed by atoms with Gasteiger partial charge in [0.05, 0.1) is 18.2 Å². The maximum Gasteiger partial charge on any atom is 0.251 e. The smallest absolute Gasteiger partial charge is 0.251 e. The van der Waals surface area contributed by atoms with Crippen molar-refractivity contribution in [1.82, 2.24) is 5.32 Å². The second kappa shape index (κ2) is 12.8. The highest BCUT2D eigenvalue weighted by Crippen LogP contribution is 2.35. The van der Waals surface area contributed by atoms with Gasteiger partial charge in [0, 0.05) is 17.6 Å². The number of aliphatic hydroxyl groups excluding tert-OH is 5. The van der Waals surface area contributed by atoms with Crippen LogP contribution in [0.4, 0.5) is 0 Å². The van der Waals surface area contributed by atoms with Crippen molar-refractivity contribution >= 4 is 5.91 Å². The van der Waals surface area contributed by atoms with E-state index < -0.39 is 104 Å². The van der Waals surface area contributed by atoms with E-state index in [1.165, 1.54) is 6.92 Å². The second-order valence-corrected chi connectivity index (χ2v) is 11.2. The zero-order chi connectivity index (χ0) is 30.2. The quantitative estimate of drug-likeness (QED) is 0.129. The number of benzene rings is 1. The van der Waals surface area contributed by atoms with E-state index in [2.05, 4.69) is 5.32 Å². The minimum Gasteiger partial charge on any atom is -0.391 e. The molecule has 0 spiro atoms. The van der Waals surface area contributed by atoms with Crippen molar-refractivity contribution in [2.45, 2.75) is 111 Å². The van der Waals surface area contributed by atoms with Gasteiger partial charge in [0.2, 0.25) is 5.79 Å². The normalized spacial score (nSPS) is 44.8. The molecule has 15 atom stereocenters. The van der Waals surface area contributed by atoms with Crippen LogP contribution >= 0.6 is 0 Å². The molecule has 7 unspecified atom stereocenters. The Hall–Kier alpha value is -1.83. The second-order valence-electron chi connectivity index (χ2n) is 11.2. The molecule has 232 valence electrons. The zero-order valence-electron chi connectivity index (χ0n) is 22.8. The van der Waals surface area contributed by atoms with Crippen molar-refractivity contribution in [3.05, 3.63) is 35.9 Å². The summed E-state index contributed by atoms with van der Waals surface area (Å²) in [4.78, 5) is 12.9. The number of amides is 1. The molecule has 3 aliphatic rings. The molecule has 1 saturated carbocycles. The lowest BCUT2D eigenvalue weighted by molar-refractivity contribution is -0.333. The summed E-state index contributed by atoms with van der Waals surface area (Å²) in [5, 5.41) is 67.0. The number of nitrogens with two attached hydrogens (primary N) is 3. The third-order valence-electron chi connectivity index (χ3n) is 7.94. The van der Waals surface area contributed by atoms with Crippen LogP contribution in [0.3, 0.4) is 0 Å². The Balaban J connectivity index is 1.60. The van der Waals surface area contributed by atoms with Crippen molar-refractivity contribution in [1.29, 1.82) is 0 Å². The van der Waals surface area contributed by atoms with Gasteiger partial charge in [-0.2, -0.15) is 0 Å². The SMILES string of the molecule is C[C@H](N)[C@H]1OC[C@@](O)(OC2C(O)[C@H](NC(=O)c3ccccc3)CC(N)[C@H]2O[C@H]2OC([C@@H](C)O)[C@@H](O)C(O)C2N)C1O. The number of nitrogens with one attached hydrogen (secondary N) is 1. The van der Waals surface area contributed by atoms with Crippen LogP contribution in [0.5, 0.6) is 0 Å². The van der Waals surface area contributed by atoms with Crippen LogP contribution in [-0.4, -0.2) is 134 Å². The molecule has 0 aromatic heterocycles. The van der Waals surface area contributed by atoms with E-state index in [1.807, 2.05) is 0 Å². The van der Waals surface area contributed by atoms with Gasteiger partial charge in [0.15, 0.2) is 6.29 Å². The Morgan fingerprint density at radius 3 is 2.29 bits per heavy atom. The Morgan fingerprint density at radius 1 is 1.05 bits per heavy atom. The zero-order valence-corrected chi connectivity index (χ0v) is 22.8. The van der Waals surface area contributed by atoms with Crippen molar-refractivity contribution in [2.24, 2.45) is 17.2 Å². The van der Waals surface area contributed by atoms with Gasteiger partial charge in [-0.3, -0.25) is 4.79 Å². The third kappa shape index (κ3) is 6.57. The molecule has 1 amide bonds. The van der Waals surface area contributed by atoms with Gasteiger partial charge in [-0.15, -0.1) is 0 Å². The van der Waals surface area contributed by atoms with Crippen LogP contribution in [0.15, 0.2) is 30.3 Å². The molecule has 0 radical (unpaired) electrons. The summed E-state index contributed by atoms with van der Waals surface area (Å²) in [6.07, 6.45) is -13.9. The predicted molar refractivity (Wildman–Crippen MR) is 141 cm³/mol. The number of hydrogen-bond donors (Lipinski definition) is 10. The first-order valence-corrected chi connectivity index (χ1v) is 13.6. The number of aliphatic hydroxyl groups is 6. The Labute approximate surface area is 237 Å². The molecule has 1 aromatic rings. The standard InChI is InChI=1S/C26H42N4O11/c1-10(27)19-23(35)26(37,9-38-19)41-22-16(32)14(30-24(36)12-6-4-3-5-7-12)8-13(28)21(22)40-25-15(29)17(33)18(34)20(39-25)11(2)31/h3-7,10-11,13-23,25,31-35,37H,8-9,27-29H2,1-2H3,(H,30,36)/t10-,11+,13?,14+,15?,16?,17?,18-,19+,20?,21+,22?,23?,25+,26+/m0/s1. The lowest BCUT2D eigenvalue weighted by Crippen LogP contribution is -2.70. The van der Waals surface area contributed by atoms with Gasteiger partial charge < -0.3 is 72.1 Å².